The lowest BCUT2D eigenvalue weighted by atomic mass is 9.86. The highest BCUT2D eigenvalue weighted by Gasteiger charge is 2.21. The Morgan fingerprint density at radius 2 is 2.00 bits per heavy atom. The van der Waals surface area contributed by atoms with Gasteiger partial charge < -0.3 is 24.8 Å². The maximum atomic E-state index is 12.7. The molecule has 3 rings (SSSR count). The number of hydrogen-bond acceptors (Lipinski definition) is 6. The quantitative estimate of drug-likeness (QED) is 0.367. The van der Waals surface area contributed by atoms with Gasteiger partial charge in [-0.2, -0.15) is 8.78 Å². The van der Waals surface area contributed by atoms with Gasteiger partial charge in [-0.05, 0) is 24.8 Å². The molecule has 0 spiro atoms. The zero-order chi connectivity index (χ0) is 21.6. The molecule has 168 valence electrons. The van der Waals surface area contributed by atoms with E-state index in [1.807, 2.05) is 0 Å². The number of ether oxygens (including phenoxy) is 3. The fraction of sp³-hybridized carbons (Fsp3) is 0.611. The van der Waals surface area contributed by atoms with Gasteiger partial charge >= 0.3 is 6.61 Å². The topological polar surface area (TPSA) is 110 Å². The molecule has 1 heterocycles. The number of guanidine groups is 1. The molecule has 0 radical (unpaired) electrons. The van der Waals surface area contributed by atoms with Crippen molar-refractivity contribution in [2.24, 2.45) is 10.9 Å². The average Bonchev–Trinajstić information content (AvgIpc) is 3.09. The molecule has 1 aliphatic heterocycles. The Labute approximate surface area is 174 Å². The fourth-order valence-corrected chi connectivity index (χ4v) is 4.03. The summed E-state index contributed by atoms with van der Waals surface area (Å²) in [4.78, 5) is 4.02. The number of benzene rings is 1. The number of alkyl halides is 2. The number of nitrogens with one attached hydrogen (secondary N) is 3. The van der Waals surface area contributed by atoms with Gasteiger partial charge in [-0.25, -0.2) is 13.1 Å². The molecule has 0 amide bonds. The predicted molar refractivity (Wildman–Crippen MR) is 107 cm³/mol. The van der Waals surface area contributed by atoms with E-state index >= 15 is 0 Å². The molecule has 2 aliphatic rings. The molecular formula is C18H26F2N4O5S. The number of rotatable bonds is 10. The molecule has 1 aromatic carbocycles. The first-order valence-corrected chi connectivity index (χ1v) is 11.3. The lowest BCUT2D eigenvalue weighted by molar-refractivity contribution is -0.0505. The Morgan fingerprint density at radius 3 is 2.63 bits per heavy atom. The third-order valence-electron chi connectivity index (χ3n) is 4.92. The summed E-state index contributed by atoms with van der Waals surface area (Å²) < 4.78 is 67.2. The van der Waals surface area contributed by atoms with Crippen molar-refractivity contribution in [3.8, 4) is 17.2 Å². The molecule has 1 saturated carbocycles. The second kappa shape index (κ2) is 10.1. The van der Waals surface area contributed by atoms with E-state index in [4.69, 9.17) is 9.47 Å². The monoisotopic (exact) mass is 448 g/mol. The first kappa shape index (κ1) is 22.3. The number of sulfonamides is 1. The summed E-state index contributed by atoms with van der Waals surface area (Å²) in [5, 5.41) is 5.85. The Hall–Kier alpha value is -2.34. The number of halogens is 2. The van der Waals surface area contributed by atoms with E-state index in [1.165, 1.54) is 13.1 Å². The van der Waals surface area contributed by atoms with E-state index in [9.17, 15) is 17.2 Å². The summed E-state index contributed by atoms with van der Waals surface area (Å²) in [6.45, 7) is -2.26. The fourth-order valence-electron chi connectivity index (χ4n) is 3.03. The van der Waals surface area contributed by atoms with Crippen molar-refractivity contribution in [3.05, 3.63) is 17.7 Å². The molecule has 0 saturated heterocycles. The number of hydrogen-bond donors (Lipinski definition) is 3. The maximum absolute atomic E-state index is 12.7. The molecule has 0 bridgehead atoms. The summed E-state index contributed by atoms with van der Waals surface area (Å²) in [6, 6.07) is 2.90. The highest BCUT2D eigenvalue weighted by Crippen LogP contribution is 2.38. The molecule has 12 heteroatoms. The molecule has 1 aromatic rings. The second-order valence-corrected chi connectivity index (χ2v) is 8.93. The van der Waals surface area contributed by atoms with Gasteiger partial charge in [-0.3, -0.25) is 4.99 Å². The summed E-state index contributed by atoms with van der Waals surface area (Å²) >= 11 is 0. The van der Waals surface area contributed by atoms with Gasteiger partial charge in [0.15, 0.2) is 17.5 Å². The maximum Gasteiger partial charge on any atom is 0.387 e. The van der Waals surface area contributed by atoms with Crippen LogP contribution in [-0.2, 0) is 16.6 Å². The summed E-state index contributed by atoms with van der Waals surface area (Å²) in [6.07, 6.45) is 3.28. The molecule has 1 aliphatic carbocycles. The van der Waals surface area contributed by atoms with Crippen LogP contribution in [0.5, 0.6) is 17.2 Å². The van der Waals surface area contributed by atoms with Gasteiger partial charge in [-0.15, -0.1) is 0 Å². The molecule has 30 heavy (non-hydrogen) atoms. The number of nitrogens with zero attached hydrogens (tertiary/aromatic N) is 1. The van der Waals surface area contributed by atoms with Crippen LogP contribution >= 0.6 is 0 Å². The van der Waals surface area contributed by atoms with Crippen LogP contribution in [0.2, 0.25) is 0 Å². The number of fused-ring (bicyclic) bond motifs is 1. The van der Waals surface area contributed by atoms with Crippen LogP contribution in [0.15, 0.2) is 17.1 Å². The SMILES string of the molecule is CN=C(NCCS(=O)(=O)NCC1CCC1)NCc1cc2c(cc1OC(F)F)OCO2. The van der Waals surface area contributed by atoms with Crippen molar-refractivity contribution in [1.29, 1.82) is 0 Å². The third kappa shape index (κ3) is 6.33. The smallest absolute Gasteiger partial charge is 0.387 e. The van der Waals surface area contributed by atoms with Crippen molar-refractivity contribution in [2.45, 2.75) is 32.4 Å². The third-order valence-corrected chi connectivity index (χ3v) is 6.27. The summed E-state index contributed by atoms with van der Waals surface area (Å²) in [7, 11) is -1.86. The van der Waals surface area contributed by atoms with Crippen LogP contribution in [0.25, 0.3) is 0 Å². The van der Waals surface area contributed by atoms with Gasteiger partial charge in [0, 0.05) is 38.3 Å². The van der Waals surface area contributed by atoms with Gasteiger partial charge in [0.05, 0.1) is 5.75 Å². The largest absolute Gasteiger partial charge is 0.454 e. The summed E-state index contributed by atoms with van der Waals surface area (Å²) in [5.74, 6) is 1.37. The zero-order valence-corrected chi connectivity index (χ0v) is 17.4. The van der Waals surface area contributed by atoms with E-state index in [0.717, 1.165) is 19.3 Å². The lowest BCUT2D eigenvalue weighted by Crippen LogP contribution is -2.41. The predicted octanol–water partition coefficient (Wildman–Crippen LogP) is 1.40. The highest BCUT2D eigenvalue weighted by atomic mass is 32.2. The van der Waals surface area contributed by atoms with Crippen molar-refractivity contribution in [1.82, 2.24) is 15.4 Å². The average molecular weight is 448 g/mol. The summed E-state index contributed by atoms with van der Waals surface area (Å²) in [5.41, 5.74) is 0.414. The van der Waals surface area contributed by atoms with E-state index < -0.39 is 16.6 Å². The molecular weight excluding hydrogens is 422 g/mol. The molecule has 0 unspecified atom stereocenters. The lowest BCUT2D eigenvalue weighted by Gasteiger charge is -2.25. The molecule has 0 aromatic heterocycles. The second-order valence-electron chi connectivity index (χ2n) is 7.01. The van der Waals surface area contributed by atoms with Crippen LogP contribution in [0, 0.1) is 5.92 Å². The van der Waals surface area contributed by atoms with Crippen LogP contribution in [0.3, 0.4) is 0 Å². The minimum absolute atomic E-state index is 0.00676. The molecule has 0 atom stereocenters. The van der Waals surface area contributed by atoms with Gasteiger partial charge in [-0.1, -0.05) is 6.42 Å². The van der Waals surface area contributed by atoms with Gasteiger partial charge in [0.25, 0.3) is 0 Å². The standard InChI is InChI=1S/C18H26F2N4O5S/c1-21-18(22-5-6-30(25,26)24-9-12-3-2-4-12)23-10-13-7-15-16(28-11-27-15)8-14(13)29-17(19)20/h7-8,12,17,24H,2-6,9-11H2,1H3,(H2,21,22,23). The Balaban J connectivity index is 1.50. The molecule has 9 nitrogen and oxygen atoms in total. The van der Waals surface area contributed by atoms with E-state index in [2.05, 4.69) is 25.1 Å². The minimum Gasteiger partial charge on any atom is -0.454 e. The first-order valence-electron chi connectivity index (χ1n) is 9.65. The number of aliphatic imine (C=N–C) groups is 1. The molecule has 3 N–H and O–H groups in total. The van der Waals surface area contributed by atoms with Gasteiger partial charge in [0.1, 0.15) is 5.75 Å². The molecule has 1 fully saturated rings. The first-order chi connectivity index (χ1) is 14.4. The van der Waals surface area contributed by atoms with Crippen molar-refractivity contribution in [3.63, 3.8) is 0 Å². The van der Waals surface area contributed by atoms with Crippen LogP contribution < -0.4 is 29.6 Å². The van der Waals surface area contributed by atoms with E-state index in [-0.39, 0.29) is 31.4 Å². The Morgan fingerprint density at radius 1 is 1.27 bits per heavy atom. The van der Waals surface area contributed by atoms with Crippen molar-refractivity contribution in [2.75, 3.05) is 32.7 Å². The Bertz CT molecular complexity index is 862. The van der Waals surface area contributed by atoms with Crippen molar-refractivity contribution < 1.29 is 31.4 Å². The van der Waals surface area contributed by atoms with E-state index in [0.29, 0.717) is 35.5 Å². The van der Waals surface area contributed by atoms with Crippen molar-refractivity contribution >= 4 is 16.0 Å². The highest BCUT2D eigenvalue weighted by molar-refractivity contribution is 7.89. The van der Waals surface area contributed by atoms with E-state index in [1.54, 1.807) is 6.07 Å². The van der Waals surface area contributed by atoms with Crippen LogP contribution in [0.4, 0.5) is 8.78 Å². The van der Waals surface area contributed by atoms with Gasteiger partial charge in [0.2, 0.25) is 16.8 Å². The van der Waals surface area contributed by atoms with Crippen LogP contribution in [0.1, 0.15) is 24.8 Å². The zero-order valence-electron chi connectivity index (χ0n) is 16.6. The van der Waals surface area contributed by atoms with Crippen LogP contribution in [-0.4, -0.2) is 53.7 Å². The normalized spacial score (nSPS) is 16.5. The minimum atomic E-state index is -3.38. The Kier molecular flexibility index (Phi) is 7.53.